The second-order valence-corrected chi connectivity index (χ2v) is 4.65. The molecule has 1 aliphatic rings. The fourth-order valence-electron chi connectivity index (χ4n) is 2.25. The number of benzene rings is 1. The summed E-state index contributed by atoms with van der Waals surface area (Å²) in [4.78, 5) is 21.1. The van der Waals surface area contributed by atoms with Crippen LogP contribution in [0.1, 0.15) is 6.42 Å². The standard InChI is InChI=1S/C12H13N5O2.ClH/c13-8-3-4-16(7-8)12-6-14-11-5-9(17(18)19)1-2-10(11)15-12;/h1-2,5-6,8H,3-4,7,13H2;1H/t8-;/m1./s1. The fourth-order valence-corrected chi connectivity index (χ4v) is 2.25. The highest BCUT2D eigenvalue weighted by molar-refractivity contribution is 5.85. The molecule has 0 aliphatic carbocycles. The molecule has 7 nitrogen and oxygen atoms in total. The van der Waals surface area contributed by atoms with E-state index in [-0.39, 0.29) is 24.1 Å². The van der Waals surface area contributed by atoms with Crippen molar-refractivity contribution in [3.63, 3.8) is 0 Å². The molecule has 0 spiro atoms. The summed E-state index contributed by atoms with van der Waals surface area (Å²) in [5.41, 5.74) is 7.07. The van der Waals surface area contributed by atoms with Crippen molar-refractivity contribution in [3.8, 4) is 0 Å². The molecule has 1 atom stereocenters. The molecule has 0 amide bonds. The summed E-state index contributed by atoms with van der Waals surface area (Å²) in [5.74, 6) is 0.773. The van der Waals surface area contributed by atoms with Gasteiger partial charge < -0.3 is 10.6 Å². The zero-order chi connectivity index (χ0) is 13.4. The van der Waals surface area contributed by atoms with Crippen molar-refractivity contribution < 1.29 is 4.92 Å². The Morgan fingerprint density at radius 3 is 2.85 bits per heavy atom. The van der Waals surface area contributed by atoms with E-state index in [0.29, 0.717) is 11.0 Å². The lowest BCUT2D eigenvalue weighted by atomic mass is 10.2. The Bertz CT molecular complexity index is 651. The van der Waals surface area contributed by atoms with E-state index < -0.39 is 4.92 Å². The third-order valence-corrected chi connectivity index (χ3v) is 3.27. The van der Waals surface area contributed by atoms with Crippen molar-refractivity contribution in [3.05, 3.63) is 34.5 Å². The van der Waals surface area contributed by atoms with Crippen molar-refractivity contribution in [1.29, 1.82) is 0 Å². The zero-order valence-corrected chi connectivity index (χ0v) is 11.4. The maximum atomic E-state index is 10.7. The Kier molecular flexibility index (Phi) is 4.01. The summed E-state index contributed by atoms with van der Waals surface area (Å²) >= 11 is 0. The quantitative estimate of drug-likeness (QED) is 0.666. The number of nitrogens with zero attached hydrogens (tertiary/aromatic N) is 4. The number of fused-ring (bicyclic) bond motifs is 1. The summed E-state index contributed by atoms with van der Waals surface area (Å²) in [7, 11) is 0. The Labute approximate surface area is 121 Å². The molecule has 1 aliphatic heterocycles. The number of rotatable bonds is 2. The maximum absolute atomic E-state index is 10.7. The van der Waals surface area contributed by atoms with E-state index in [2.05, 4.69) is 14.9 Å². The molecule has 8 heteroatoms. The molecule has 0 bridgehead atoms. The Hall–Kier alpha value is -1.99. The number of hydrogen-bond donors (Lipinski definition) is 1. The smallest absolute Gasteiger partial charge is 0.271 e. The second-order valence-electron chi connectivity index (χ2n) is 4.65. The van der Waals surface area contributed by atoms with Gasteiger partial charge in [-0.25, -0.2) is 4.98 Å². The van der Waals surface area contributed by atoms with Crippen molar-refractivity contribution in [2.75, 3.05) is 18.0 Å². The SMILES string of the molecule is Cl.N[C@@H]1CCN(c2cnc3cc([N+](=O)[O-])ccc3n2)C1. The van der Waals surface area contributed by atoms with E-state index in [1.807, 2.05) is 0 Å². The van der Waals surface area contributed by atoms with Crippen LogP contribution in [0.2, 0.25) is 0 Å². The molecule has 1 aromatic carbocycles. The van der Waals surface area contributed by atoms with Gasteiger partial charge in [-0.1, -0.05) is 0 Å². The highest BCUT2D eigenvalue weighted by Gasteiger charge is 2.20. The van der Waals surface area contributed by atoms with Crippen molar-refractivity contribution in [2.24, 2.45) is 5.73 Å². The lowest BCUT2D eigenvalue weighted by Crippen LogP contribution is -2.26. The Morgan fingerprint density at radius 1 is 1.40 bits per heavy atom. The number of anilines is 1. The normalized spacial score (nSPS) is 18.1. The minimum Gasteiger partial charge on any atom is -0.354 e. The average molecular weight is 296 g/mol. The van der Waals surface area contributed by atoms with Crippen LogP contribution in [0.4, 0.5) is 11.5 Å². The third-order valence-electron chi connectivity index (χ3n) is 3.27. The first-order chi connectivity index (χ1) is 9.13. The fraction of sp³-hybridized carbons (Fsp3) is 0.333. The van der Waals surface area contributed by atoms with Crippen LogP contribution in [0.15, 0.2) is 24.4 Å². The monoisotopic (exact) mass is 295 g/mol. The van der Waals surface area contributed by atoms with Crippen LogP contribution in [0.5, 0.6) is 0 Å². The summed E-state index contributed by atoms with van der Waals surface area (Å²) < 4.78 is 0. The summed E-state index contributed by atoms with van der Waals surface area (Å²) in [6.45, 7) is 1.64. The number of aromatic nitrogens is 2. The molecule has 0 unspecified atom stereocenters. The number of non-ortho nitro benzene ring substituents is 1. The van der Waals surface area contributed by atoms with Gasteiger partial charge in [0, 0.05) is 31.3 Å². The van der Waals surface area contributed by atoms with Crippen LogP contribution < -0.4 is 10.6 Å². The summed E-state index contributed by atoms with van der Waals surface area (Å²) in [6.07, 6.45) is 2.59. The minimum atomic E-state index is -0.436. The predicted molar refractivity (Wildman–Crippen MR) is 78.2 cm³/mol. The van der Waals surface area contributed by atoms with E-state index in [1.54, 1.807) is 12.3 Å². The van der Waals surface area contributed by atoms with E-state index in [4.69, 9.17) is 5.73 Å². The topological polar surface area (TPSA) is 98.2 Å². The van der Waals surface area contributed by atoms with Gasteiger partial charge in [-0.2, -0.15) is 0 Å². The summed E-state index contributed by atoms with van der Waals surface area (Å²) in [5, 5.41) is 10.7. The Balaban J connectivity index is 0.00000147. The highest BCUT2D eigenvalue weighted by Crippen LogP contribution is 2.22. The zero-order valence-electron chi connectivity index (χ0n) is 10.6. The minimum absolute atomic E-state index is 0. The van der Waals surface area contributed by atoms with Crippen LogP contribution in [-0.4, -0.2) is 34.0 Å². The first kappa shape index (κ1) is 14.4. The van der Waals surface area contributed by atoms with E-state index in [0.717, 1.165) is 25.3 Å². The molecule has 2 aromatic rings. The number of halogens is 1. The van der Waals surface area contributed by atoms with Crippen molar-refractivity contribution in [1.82, 2.24) is 9.97 Å². The lowest BCUT2D eigenvalue weighted by molar-refractivity contribution is -0.384. The van der Waals surface area contributed by atoms with Gasteiger partial charge in [0.2, 0.25) is 0 Å². The average Bonchev–Trinajstić information content (AvgIpc) is 2.84. The molecule has 2 heterocycles. The molecule has 1 fully saturated rings. The first-order valence-corrected chi connectivity index (χ1v) is 6.05. The number of nitrogens with two attached hydrogens (primary N) is 1. The molecule has 1 aromatic heterocycles. The molecule has 1 saturated heterocycles. The third kappa shape index (κ3) is 2.63. The molecular formula is C12H14ClN5O2. The number of nitro benzene ring substituents is 1. The molecule has 0 saturated carbocycles. The van der Waals surface area contributed by atoms with Gasteiger partial charge >= 0.3 is 0 Å². The van der Waals surface area contributed by atoms with E-state index >= 15 is 0 Å². The van der Waals surface area contributed by atoms with Gasteiger partial charge in [0.1, 0.15) is 5.82 Å². The van der Waals surface area contributed by atoms with Gasteiger partial charge in [0.15, 0.2) is 0 Å². The van der Waals surface area contributed by atoms with Crippen molar-refractivity contribution >= 4 is 34.9 Å². The molecule has 106 valence electrons. The lowest BCUT2D eigenvalue weighted by Gasteiger charge is -2.16. The van der Waals surface area contributed by atoms with E-state index in [9.17, 15) is 10.1 Å². The van der Waals surface area contributed by atoms with Crippen LogP contribution >= 0.6 is 12.4 Å². The summed E-state index contributed by atoms with van der Waals surface area (Å²) in [6, 6.07) is 4.67. The van der Waals surface area contributed by atoms with Crippen LogP contribution in [-0.2, 0) is 0 Å². The molecular weight excluding hydrogens is 282 g/mol. The number of hydrogen-bond acceptors (Lipinski definition) is 6. The molecule has 0 radical (unpaired) electrons. The highest BCUT2D eigenvalue weighted by atomic mass is 35.5. The molecule has 3 rings (SSSR count). The van der Waals surface area contributed by atoms with Crippen LogP contribution in [0.3, 0.4) is 0 Å². The van der Waals surface area contributed by atoms with Gasteiger partial charge in [-0.05, 0) is 12.5 Å². The largest absolute Gasteiger partial charge is 0.354 e. The number of nitro groups is 1. The molecule has 2 N–H and O–H groups in total. The molecule has 20 heavy (non-hydrogen) atoms. The first-order valence-electron chi connectivity index (χ1n) is 6.05. The predicted octanol–water partition coefficient (Wildman–Crippen LogP) is 1.50. The Morgan fingerprint density at radius 2 is 2.20 bits per heavy atom. The van der Waals surface area contributed by atoms with Crippen molar-refractivity contribution in [2.45, 2.75) is 12.5 Å². The maximum Gasteiger partial charge on any atom is 0.271 e. The van der Waals surface area contributed by atoms with Gasteiger partial charge in [0.05, 0.1) is 22.2 Å². The van der Waals surface area contributed by atoms with Gasteiger partial charge in [0.25, 0.3) is 5.69 Å². The van der Waals surface area contributed by atoms with Crippen LogP contribution in [0, 0.1) is 10.1 Å². The van der Waals surface area contributed by atoms with E-state index in [1.165, 1.54) is 12.1 Å². The van der Waals surface area contributed by atoms with Crippen LogP contribution in [0.25, 0.3) is 11.0 Å². The second kappa shape index (κ2) is 5.56. The van der Waals surface area contributed by atoms with Gasteiger partial charge in [-0.3, -0.25) is 15.1 Å². The van der Waals surface area contributed by atoms with Gasteiger partial charge in [-0.15, -0.1) is 12.4 Å².